The van der Waals surface area contributed by atoms with Crippen LogP contribution in [0.2, 0.25) is 0 Å². The highest BCUT2D eigenvalue weighted by atomic mass is 16.5. The number of rotatable bonds is 3. The monoisotopic (exact) mass is 138 g/mol. The molecule has 0 atom stereocenters. The number of allylic oxidation sites excluding steroid dienone is 4. The van der Waals surface area contributed by atoms with E-state index in [1.807, 2.05) is 26.0 Å². The predicted octanol–water partition coefficient (Wildman–Crippen LogP) is 2.67. The van der Waals surface area contributed by atoms with E-state index < -0.39 is 0 Å². The van der Waals surface area contributed by atoms with Crippen LogP contribution in [0.1, 0.15) is 13.8 Å². The summed E-state index contributed by atoms with van der Waals surface area (Å²) in [6.07, 6.45) is 5.63. The van der Waals surface area contributed by atoms with Gasteiger partial charge in [-0.2, -0.15) is 0 Å². The van der Waals surface area contributed by atoms with Crippen molar-refractivity contribution in [2.24, 2.45) is 0 Å². The average Bonchev–Trinajstić information content (AvgIpc) is 1.99. The quantitative estimate of drug-likeness (QED) is 0.430. The Bertz CT molecular complexity index is 164. The van der Waals surface area contributed by atoms with Gasteiger partial charge in [0.15, 0.2) is 0 Å². The van der Waals surface area contributed by atoms with Crippen LogP contribution in [0.3, 0.4) is 0 Å². The van der Waals surface area contributed by atoms with Crippen molar-refractivity contribution in [3.63, 3.8) is 0 Å². The van der Waals surface area contributed by atoms with E-state index in [1.165, 1.54) is 0 Å². The molecule has 0 amide bonds. The van der Waals surface area contributed by atoms with Crippen LogP contribution in [0.5, 0.6) is 0 Å². The van der Waals surface area contributed by atoms with Crippen molar-refractivity contribution in [1.29, 1.82) is 0 Å². The van der Waals surface area contributed by atoms with Crippen molar-refractivity contribution >= 4 is 0 Å². The van der Waals surface area contributed by atoms with E-state index in [1.54, 1.807) is 13.2 Å². The van der Waals surface area contributed by atoms with E-state index in [4.69, 9.17) is 4.74 Å². The summed E-state index contributed by atoms with van der Waals surface area (Å²) in [6.45, 7) is 7.56. The second kappa shape index (κ2) is 4.86. The first-order chi connectivity index (χ1) is 4.76. The summed E-state index contributed by atoms with van der Waals surface area (Å²) in [7, 11) is 1.66. The van der Waals surface area contributed by atoms with Gasteiger partial charge in [-0.15, -0.1) is 0 Å². The van der Waals surface area contributed by atoms with Crippen LogP contribution < -0.4 is 0 Å². The molecule has 0 heterocycles. The smallest absolute Gasteiger partial charge is 0.121 e. The molecular formula is C9H14O. The molecule has 0 aromatic heterocycles. The van der Waals surface area contributed by atoms with Gasteiger partial charge in [-0.3, -0.25) is 0 Å². The molecule has 0 bridgehead atoms. The van der Waals surface area contributed by atoms with Crippen molar-refractivity contribution in [2.45, 2.75) is 13.8 Å². The van der Waals surface area contributed by atoms with E-state index in [9.17, 15) is 0 Å². The largest absolute Gasteiger partial charge is 0.497 e. The van der Waals surface area contributed by atoms with Crippen molar-refractivity contribution in [1.82, 2.24) is 0 Å². The first-order valence-corrected chi connectivity index (χ1v) is 3.26. The van der Waals surface area contributed by atoms with Gasteiger partial charge in [0, 0.05) is 0 Å². The molecule has 0 aliphatic carbocycles. The van der Waals surface area contributed by atoms with Gasteiger partial charge in [0.2, 0.25) is 0 Å². The number of hydrogen-bond acceptors (Lipinski definition) is 1. The van der Waals surface area contributed by atoms with Crippen LogP contribution in [-0.2, 0) is 4.74 Å². The molecule has 0 spiro atoms. The summed E-state index contributed by atoms with van der Waals surface area (Å²) in [6, 6.07) is 0. The zero-order valence-corrected chi connectivity index (χ0v) is 6.85. The first kappa shape index (κ1) is 9.02. The number of methoxy groups -OCH3 is 1. The summed E-state index contributed by atoms with van der Waals surface area (Å²) in [5.41, 5.74) is 1.06. The lowest BCUT2D eigenvalue weighted by atomic mass is 10.2. The Morgan fingerprint density at radius 1 is 1.50 bits per heavy atom. The molecule has 0 radical (unpaired) electrons. The van der Waals surface area contributed by atoms with Crippen LogP contribution in [0.15, 0.2) is 36.1 Å². The number of ether oxygens (including phenoxy) is 1. The molecule has 0 aliphatic rings. The Hall–Kier alpha value is -0.980. The highest BCUT2D eigenvalue weighted by Crippen LogP contribution is 2.06. The first-order valence-electron chi connectivity index (χ1n) is 3.26. The van der Waals surface area contributed by atoms with E-state index in [2.05, 4.69) is 6.58 Å². The lowest BCUT2D eigenvalue weighted by Crippen LogP contribution is -1.84. The van der Waals surface area contributed by atoms with Gasteiger partial charge in [0.05, 0.1) is 7.11 Å². The molecule has 10 heavy (non-hydrogen) atoms. The van der Waals surface area contributed by atoms with Crippen LogP contribution >= 0.6 is 0 Å². The Labute approximate surface area is 62.7 Å². The van der Waals surface area contributed by atoms with Crippen LogP contribution in [-0.4, -0.2) is 7.11 Å². The standard InChI is InChI=1S/C9H14O/c1-5-7-9(10-4)8(3)6-2/h5-7H,2H2,1,3-4H3. The zero-order chi connectivity index (χ0) is 7.98. The maximum atomic E-state index is 5.06. The fraction of sp³-hybridized carbons (Fsp3) is 0.333. The molecule has 0 saturated heterocycles. The third-order valence-electron chi connectivity index (χ3n) is 1.23. The van der Waals surface area contributed by atoms with E-state index in [-0.39, 0.29) is 0 Å². The molecule has 0 rings (SSSR count). The van der Waals surface area contributed by atoms with Crippen molar-refractivity contribution in [3.8, 4) is 0 Å². The van der Waals surface area contributed by atoms with Crippen LogP contribution in [0.4, 0.5) is 0 Å². The zero-order valence-electron chi connectivity index (χ0n) is 6.85. The fourth-order valence-corrected chi connectivity index (χ4v) is 0.612. The second-order valence-corrected chi connectivity index (χ2v) is 1.96. The molecule has 0 fully saturated rings. The molecule has 1 nitrogen and oxygen atoms in total. The minimum Gasteiger partial charge on any atom is -0.497 e. The highest BCUT2D eigenvalue weighted by Gasteiger charge is 1.91. The van der Waals surface area contributed by atoms with Crippen LogP contribution in [0.25, 0.3) is 0 Å². The normalized spacial score (nSPS) is 13.1. The summed E-state index contributed by atoms with van der Waals surface area (Å²) in [5.74, 6) is 0.873. The maximum absolute atomic E-state index is 5.06. The fourth-order valence-electron chi connectivity index (χ4n) is 0.612. The number of hydrogen-bond donors (Lipinski definition) is 0. The van der Waals surface area contributed by atoms with E-state index >= 15 is 0 Å². The third-order valence-corrected chi connectivity index (χ3v) is 1.23. The Morgan fingerprint density at radius 2 is 2.10 bits per heavy atom. The summed E-state index contributed by atoms with van der Waals surface area (Å²) >= 11 is 0. The van der Waals surface area contributed by atoms with E-state index in [0.717, 1.165) is 11.3 Å². The maximum Gasteiger partial charge on any atom is 0.121 e. The summed E-state index contributed by atoms with van der Waals surface area (Å²) in [4.78, 5) is 0. The Morgan fingerprint density at radius 3 is 2.40 bits per heavy atom. The second-order valence-electron chi connectivity index (χ2n) is 1.96. The molecule has 56 valence electrons. The summed E-state index contributed by atoms with van der Waals surface area (Å²) in [5, 5.41) is 0. The van der Waals surface area contributed by atoms with Gasteiger partial charge in [0.1, 0.15) is 5.76 Å². The minimum absolute atomic E-state index is 0.873. The molecule has 0 aromatic carbocycles. The minimum atomic E-state index is 0.873. The molecule has 1 heteroatoms. The van der Waals surface area contributed by atoms with Gasteiger partial charge in [-0.05, 0) is 25.5 Å². The molecule has 0 N–H and O–H groups in total. The van der Waals surface area contributed by atoms with Crippen molar-refractivity contribution in [2.75, 3.05) is 7.11 Å². The predicted molar refractivity (Wildman–Crippen MR) is 44.7 cm³/mol. The topological polar surface area (TPSA) is 9.23 Å². The lowest BCUT2D eigenvalue weighted by molar-refractivity contribution is 0.303. The molecule has 0 aliphatic heterocycles. The van der Waals surface area contributed by atoms with Gasteiger partial charge < -0.3 is 4.74 Å². The van der Waals surface area contributed by atoms with Gasteiger partial charge in [0.25, 0.3) is 0 Å². The molecule has 0 saturated carbocycles. The molecule has 0 aromatic rings. The van der Waals surface area contributed by atoms with Crippen LogP contribution in [0, 0.1) is 0 Å². The molecular weight excluding hydrogens is 124 g/mol. The van der Waals surface area contributed by atoms with E-state index in [0.29, 0.717) is 0 Å². The lowest BCUT2D eigenvalue weighted by Gasteiger charge is -2.01. The summed E-state index contributed by atoms with van der Waals surface area (Å²) < 4.78 is 5.06. The highest BCUT2D eigenvalue weighted by molar-refractivity contribution is 5.25. The van der Waals surface area contributed by atoms with Gasteiger partial charge in [-0.1, -0.05) is 18.7 Å². The Kier molecular flexibility index (Phi) is 4.38. The van der Waals surface area contributed by atoms with Gasteiger partial charge in [-0.25, -0.2) is 0 Å². The third kappa shape index (κ3) is 2.53. The molecule has 0 unspecified atom stereocenters. The SMILES string of the molecule is C=CC(C)=C(C=CC)OC. The van der Waals surface area contributed by atoms with Gasteiger partial charge >= 0.3 is 0 Å². The average molecular weight is 138 g/mol. The van der Waals surface area contributed by atoms with Crippen molar-refractivity contribution in [3.05, 3.63) is 36.1 Å². The Balaban J connectivity index is 4.44. The van der Waals surface area contributed by atoms with Crippen molar-refractivity contribution < 1.29 is 4.74 Å².